The van der Waals surface area contributed by atoms with E-state index in [1.54, 1.807) is 24.4 Å². The molecule has 1 aliphatic heterocycles. The summed E-state index contributed by atoms with van der Waals surface area (Å²) < 4.78 is 9.99. The van der Waals surface area contributed by atoms with Gasteiger partial charge in [-0.2, -0.15) is 0 Å². The van der Waals surface area contributed by atoms with Crippen LogP contribution in [-0.4, -0.2) is 66.3 Å². The fourth-order valence-electron chi connectivity index (χ4n) is 3.62. The molecule has 1 N–H and O–H groups in total. The van der Waals surface area contributed by atoms with Gasteiger partial charge in [0.05, 0.1) is 14.2 Å². The van der Waals surface area contributed by atoms with E-state index in [9.17, 15) is 4.79 Å². The average Bonchev–Trinajstić information content (AvgIpc) is 2.86. The van der Waals surface area contributed by atoms with Gasteiger partial charge in [-0.1, -0.05) is 24.3 Å². The van der Waals surface area contributed by atoms with Gasteiger partial charge in [-0.15, -0.1) is 0 Å². The molecule has 0 unspecified atom stereocenters. The molecule has 8 heteroatoms. The van der Waals surface area contributed by atoms with Gasteiger partial charge in [0, 0.05) is 56.4 Å². The van der Waals surface area contributed by atoms with Gasteiger partial charge >= 0.3 is 6.09 Å². The van der Waals surface area contributed by atoms with Gasteiger partial charge in [-0.25, -0.2) is 14.8 Å². The van der Waals surface area contributed by atoms with Gasteiger partial charge in [-0.05, 0) is 35.4 Å². The second-order valence-corrected chi connectivity index (χ2v) is 7.58. The van der Waals surface area contributed by atoms with E-state index in [0.717, 1.165) is 42.2 Å². The molecular formula is C24H27N5O3. The minimum absolute atomic E-state index is 0.251. The molecule has 0 radical (unpaired) electrons. The summed E-state index contributed by atoms with van der Waals surface area (Å²) in [4.78, 5) is 24.5. The molecule has 0 atom stereocenters. The lowest BCUT2D eigenvalue weighted by atomic mass is 10.1. The largest absolute Gasteiger partial charge is 0.497 e. The van der Waals surface area contributed by atoms with E-state index in [-0.39, 0.29) is 6.09 Å². The van der Waals surface area contributed by atoms with Crippen LogP contribution in [0.4, 0.5) is 16.4 Å². The van der Waals surface area contributed by atoms with Crippen LogP contribution in [0.15, 0.2) is 60.9 Å². The number of methoxy groups -OCH3 is 2. The number of hydrogen-bond acceptors (Lipinski definition) is 7. The Kier molecular flexibility index (Phi) is 6.81. The topological polar surface area (TPSA) is 79.8 Å². The number of nitrogens with zero attached hydrogens (tertiary/aromatic N) is 4. The molecule has 3 aromatic rings. The monoisotopic (exact) mass is 433 g/mol. The number of aromatic nitrogens is 2. The Labute approximate surface area is 187 Å². The van der Waals surface area contributed by atoms with Crippen molar-refractivity contribution >= 4 is 17.7 Å². The van der Waals surface area contributed by atoms with Crippen LogP contribution in [0.25, 0.3) is 11.1 Å². The molecule has 166 valence electrons. The van der Waals surface area contributed by atoms with Crippen LogP contribution in [-0.2, 0) is 11.3 Å². The number of nitrogens with one attached hydrogen (secondary N) is 1. The van der Waals surface area contributed by atoms with Crippen molar-refractivity contribution in [2.45, 2.75) is 6.54 Å². The van der Waals surface area contributed by atoms with Crippen LogP contribution in [0.1, 0.15) is 5.56 Å². The van der Waals surface area contributed by atoms with E-state index < -0.39 is 0 Å². The maximum atomic E-state index is 11.6. The molecule has 2 heterocycles. The normalized spacial score (nSPS) is 14.1. The summed E-state index contributed by atoms with van der Waals surface area (Å²) in [6.45, 7) is 3.90. The third-order valence-corrected chi connectivity index (χ3v) is 5.50. The highest BCUT2D eigenvalue weighted by Gasteiger charge is 2.21. The van der Waals surface area contributed by atoms with Crippen molar-refractivity contribution in [3.05, 3.63) is 66.5 Å². The first-order valence-corrected chi connectivity index (χ1v) is 10.5. The van der Waals surface area contributed by atoms with Crippen molar-refractivity contribution in [1.29, 1.82) is 0 Å². The molecule has 2 aromatic carbocycles. The Morgan fingerprint density at radius 2 is 1.56 bits per heavy atom. The quantitative estimate of drug-likeness (QED) is 0.634. The van der Waals surface area contributed by atoms with Gasteiger partial charge in [0.1, 0.15) is 5.75 Å². The zero-order chi connectivity index (χ0) is 22.3. The number of carbonyl (C=O) groups is 1. The van der Waals surface area contributed by atoms with E-state index in [4.69, 9.17) is 9.47 Å². The van der Waals surface area contributed by atoms with Crippen LogP contribution in [0.2, 0.25) is 0 Å². The molecule has 4 rings (SSSR count). The molecule has 1 aliphatic rings. The highest BCUT2D eigenvalue weighted by atomic mass is 16.5. The predicted octanol–water partition coefficient (Wildman–Crippen LogP) is 3.78. The van der Waals surface area contributed by atoms with E-state index in [2.05, 4.69) is 32.3 Å². The molecule has 32 heavy (non-hydrogen) atoms. The van der Waals surface area contributed by atoms with E-state index in [1.165, 1.54) is 12.7 Å². The second-order valence-electron chi connectivity index (χ2n) is 7.58. The summed E-state index contributed by atoms with van der Waals surface area (Å²) in [6.07, 6.45) is 3.36. The third-order valence-electron chi connectivity index (χ3n) is 5.50. The number of ether oxygens (including phenoxy) is 2. The maximum Gasteiger partial charge on any atom is 0.409 e. The number of benzene rings is 2. The number of hydrogen-bond donors (Lipinski definition) is 1. The standard InChI is InChI=1S/C24H27N5O3/c1-31-22-9-5-19(6-10-22)20-15-25-23(26-16-20)27-21-7-3-18(4-8-21)17-28-11-13-29(14-12-28)24(30)32-2/h3-10,15-16H,11-14,17H2,1-2H3,(H,25,26,27). The summed E-state index contributed by atoms with van der Waals surface area (Å²) in [6, 6.07) is 16.1. The van der Waals surface area contributed by atoms with Crippen LogP contribution < -0.4 is 10.1 Å². The Hall–Kier alpha value is -3.65. The number of rotatable bonds is 6. The Bertz CT molecular complexity index is 1020. The summed E-state index contributed by atoms with van der Waals surface area (Å²) in [5, 5.41) is 3.24. The molecule has 0 bridgehead atoms. The number of carbonyl (C=O) groups excluding carboxylic acids is 1. The van der Waals surface area contributed by atoms with Crippen LogP contribution in [0.3, 0.4) is 0 Å². The molecule has 1 aromatic heterocycles. The summed E-state index contributed by atoms with van der Waals surface area (Å²) in [5.74, 6) is 1.37. The first-order chi connectivity index (χ1) is 15.6. The first-order valence-electron chi connectivity index (χ1n) is 10.5. The van der Waals surface area contributed by atoms with Gasteiger partial charge in [-0.3, -0.25) is 4.90 Å². The number of anilines is 2. The lowest BCUT2D eigenvalue weighted by molar-refractivity contribution is 0.0889. The van der Waals surface area contributed by atoms with Crippen LogP contribution in [0.5, 0.6) is 5.75 Å². The highest BCUT2D eigenvalue weighted by molar-refractivity contribution is 5.67. The van der Waals surface area contributed by atoms with Gasteiger partial charge < -0.3 is 19.7 Å². The van der Waals surface area contributed by atoms with Gasteiger partial charge in [0.2, 0.25) is 5.95 Å². The van der Waals surface area contributed by atoms with Crippen molar-refractivity contribution in [3.63, 3.8) is 0 Å². The minimum atomic E-state index is -0.251. The smallest absolute Gasteiger partial charge is 0.409 e. The highest BCUT2D eigenvalue weighted by Crippen LogP contribution is 2.22. The van der Waals surface area contributed by atoms with Gasteiger partial charge in [0.15, 0.2) is 0 Å². The second kappa shape index (κ2) is 10.1. The SMILES string of the molecule is COC(=O)N1CCN(Cc2ccc(Nc3ncc(-c4ccc(OC)cc4)cn3)cc2)CC1. The average molecular weight is 434 g/mol. The van der Waals surface area contributed by atoms with Crippen molar-refractivity contribution in [2.75, 3.05) is 45.7 Å². The van der Waals surface area contributed by atoms with Crippen molar-refractivity contribution in [2.24, 2.45) is 0 Å². The summed E-state index contributed by atoms with van der Waals surface area (Å²) >= 11 is 0. The van der Waals surface area contributed by atoms with E-state index >= 15 is 0 Å². The Morgan fingerprint density at radius 1 is 0.906 bits per heavy atom. The Morgan fingerprint density at radius 3 is 2.16 bits per heavy atom. The van der Waals surface area contributed by atoms with Crippen molar-refractivity contribution < 1.29 is 14.3 Å². The molecule has 0 aliphatic carbocycles. The van der Waals surface area contributed by atoms with E-state index in [0.29, 0.717) is 19.0 Å². The fraction of sp³-hybridized carbons (Fsp3) is 0.292. The third kappa shape index (κ3) is 5.33. The van der Waals surface area contributed by atoms with Crippen molar-refractivity contribution in [3.8, 4) is 16.9 Å². The number of piperazine rings is 1. The molecule has 1 amide bonds. The maximum absolute atomic E-state index is 11.6. The zero-order valence-corrected chi connectivity index (χ0v) is 18.3. The van der Waals surface area contributed by atoms with Gasteiger partial charge in [0.25, 0.3) is 0 Å². The molecule has 1 fully saturated rings. The van der Waals surface area contributed by atoms with E-state index in [1.807, 2.05) is 36.4 Å². The lowest BCUT2D eigenvalue weighted by Crippen LogP contribution is -2.48. The molecular weight excluding hydrogens is 406 g/mol. The van der Waals surface area contributed by atoms with Crippen LogP contribution >= 0.6 is 0 Å². The first kappa shape index (κ1) is 21.6. The zero-order valence-electron chi connectivity index (χ0n) is 18.3. The summed E-state index contributed by atoms with van der Waals surface area (Å²) in [7, 11) is 3.07. The molecule has 8 nitrogen and oxygen atoms in total. The fourth-order valence-corrected chi connectivity index (χ4v) is 3.62. The summed E-state index contributed by atoms with van der Waals surface area (Å²) in [5.41, 5.74) is 4.13. The van der Waals surface area contributed by atoms with Crippen LogP contribution in [0, 0.1) is 0 Å². The van der Waals surface area contributed by atoms with Crippen molar-refractivity contribution in [1.82, 2.24) is 19.8 Å². The molecule has 0 spiro atoms. The molecule has 1 saturated heterocycles. The lowest BCUT2D eigenvalue weighted by Gasteiger charge is -2.33. The Balaban J connectivity index is 1.30. The predicted molar refractivity (Wildman–Crippen MR) is 123 cm³/mol. The number of amides is 1. The minimum Gasteiger partial charge on any atom is -0.497 e. The molecule has 0 saturated carbocycles.